The average molecular weight is 374 g/mol. The fourth-order valence-electron chi connectivity index (χ4n) is 8.72. The van der Waals surface area contributed by atoms with Crippen LogP contribution in [-0.4, -0.2) is 6.04 Å². The maximum Gasteiger partial charge on any atom is 0.00106 e. The van der Waals surface area contributed by atoms with Gasteiger partial charge >= 0.3 is 0 Å². The molecule has 2 N–H and O–H groups in total. The summed E-state index contributed by atoms with van der Waals surface area (Å²) in [5, 5.41) is 0. The van der Waals surface area contributed by atoms with Crippen molar-refractivity contribution in [2.24, 2.45) is 63.9 Å². The largest absolute Gasteiger partial charge is 0.328 e. The van der Waals surface area contributed by atoms with Gasteiger partial charge in [-0.15, -0.1) is 6.58 Å². The number of hydrogen-bond donors (Lipinski definition) is 1. The number of hydrogen-bond acceptors (Lipinski definition) is 1. The van der Waals surface area contributed by atoms with Crippen LogP contribution in [0.3, 0.4) is 0 Å². The van der Waals surface area contributed by atoms with Crippen molar-refractivity contribution in [3.63, 3.8) is 0 Å². The molecule has 11 unspecified atom stereocenters. The molecule has 0 spiro atoms. The molecule has 1 nitrogen and oxygen atoms in total. The summed E-state index contributed by atoms with van der Waals surface area (Å²) in [5.41, 5.74) is 7.21. The molecule has 3 rings (SSSR count). The Hall–Kier alpha value is -0.300. The second kappa shape index (κ2) is 7.51. The highest BCUT2D eigenvalue weighted by atomic mass is 14.7. The van der Waals surface area contributed by atoms with Crippen LogP contribution in [0.4, 0.5) is 0 Å². The van der Waals surface area contributed by atoms with Gasteiger partial charge in [0.25, 0.3) is 0 Å². The maximum atomic E-state index is 6.20. The number of nitrogens with two attached hydrogens (primary N) is 1. The summed E-state index contributed by atoms with van der Waals surface area (Å²) in [6.45, 7) is 21.8. The molecule has 0 saturated heterocycles. The lowest BCUT2D eigenvalue weighted by atomic mass is 9.43. The van der Waals surface area contributed by atoms with Crippen molar-refractivity contribution < 1.29 is 0 Å². The van der Waals surface area contributed by atoms with Crippen molar-refractivity contribution in [1.29, 1.82) is 0 Å². The SMILES string of the molecule is C=CC(C)C1C(C)CC2(C)C1CC(C)C1C2CCC(C)C1(C)CCC(C)N. The molecule has 0 aliphatic heterocycles. The topological polar surface area (TPSA) is 26.0 Å². The lowest BCUT2D eigenvalue weighted by Gasteiger charge is -2.62. The lowest BCUT2D eigenvalue weighted by Crippen LogP contribution is -2.55. The molecule has 0 aromatic rings. The molecule has 27 heavy (non-hydrogen) atoms. The first-order valence-corrected chi connectivity index (χ1v) is 11.9. The molecular weight excluding hydrogens is 326 g/mol. The van der Waals surface area contributed by atoms with Gasteiger partial charge in [0.1, 0.15) is 0 Å². The monoisotopic (exact) mass is 373 g/mol. The Kier molecular flexibility index (Phi) is 5.95. The van der Waals surface area contributed by atoms with E-state index in [1.54, 1.807) is 0 Å². The van der Waals surface area contributed by atoms with Gasteiger partial charge < -0.3 is 5.73 Å². The van der Waals surface area contributed by atoms with E-state index < -0.39 is 0 Å². The van der Waals surface area contributed by atoms with Gasteiger partial charge in [-0.05, 0) is 104 Å². The molecule has 0 aromatic carbocycles. The molecule has 0 bridgehead atoms. The van der Waals surface area contributed by atoms with Crippen LogP contribution in [0.15, 0.2) is 12.7 Å². The average Bonchev–Trinajstić information content (AvgIpc) is 2.86. The molecule has 0 radical (unpaired) electrons. The maximum absolute atomic E-state index is 6.20. The van der Waals surface area contributed by atoms with E-state index in [0.29, 0.717) is 22.8 Å². The van der Waals surface area contributed by atoms with Gasteiger partial charge in [-0.25, -0.2) is 0 Å². The highest BCUT2D eigenvalue weighted by molar-refractivity contribution is 5.12. The summed E-state index contributed by atoms with van der Waals surface area (Å²) in [7, 11) is 0. The van der Waals surface area contributed by atoms with Gasteiger partial charge in [0.05, 0.1) is 0 Å². The molecule has 0 amide bonds. The minimum Gasteiger partial charge on any atom is -0.328 e. The Balaban J connectivity index is 1.95. The van der Waals surface area contributed by atoms with Crippen molar-refractivity contribution in [3.8, 4) is 0 Å². The predicted molar refractivity (Wildman–Crippen MR) is 118 cm³/mol. The highest BCUT2D eigenvalue weighted by Gasteiger charge is 2.63. The van der Waals surface area contributed by atoms with Crippen molar-refractivity contribution in [3.05, 3.63) is 12.7 Å². The van der Waals surface area contributed by atoms with Crippen molar-refractivity contribution >= 4 is 0 Å². The normalized spacial score (nSPS) is 51.9. The standard InChI is InChI=1S/C26H47N/c1-9-16(2)23-18(4)15-26(8)21-11-10-19(5)25(7,13-12-20(6)27)24(21)17(3)14-22(23)26/h9,16-24H,1,10-15,27H2,2-8H3. The zero-order valence-corrected chi connectivity index (χ0v) is 19.3. The second-order valence-corrected chi connectivity index (χ2v) is 11.8. The van der Waals surface area contributed by atoms with Crippen molar-refractivity contribution in [2.45, 2.75) is 93.0 Å². The van der Waals surface area contributed by atoms with Crippen LogP contribution in [0.1, 0.15) is 87.0 Å². The van der Waals surface area contributed by atoms with Gasteiger partial charge in [0, 0.05) is 6.04 Å². The van der Waals surface area contributed by atoms with Crippen LogP contribution in [0, 0.1) is 58.2 Å². The Labute approximate surface area is 169 Å². The van der Waals surface area contributed by atoms with Gasteiger partial charge in [-0.3, -0.25) is 0 Å². The predicted octanol–water partition coefficient (Wildman–Crippen LogP) is 6.92. The molecular formula is C26H47N. The van der Waals surface area contributed by atoms with Crippen LogP contribution < -0.4 is 5.73 Å². The molecule has 3 aliphatic carbocycles. The smallest absolute Gasteiger partial charge is 0.00106 e. The second-order valence-electron chi connectivity index (χ2n) is 11.8. The lowest BCUT2D eigenvalue weighted by molar-refractivity contribution is -0.136. The third-order valence-corrected chi connectivity index (χ3v) is 10.2. The zero-order chi connectivity index (χ0) is 20.1. The molecule has 11 atom stereocenters. The first kappa shape index (κ1) is 21.4. The first-order chi connectivity index (χ1) is 12.6. The summed E-state index contributed by atoms with van der Waals surface area (Å²) in [6.07, 6.45) is 10.5. The van der Waals surface area contributed by atoms with E-state index in [-0.39, 0.29) is 0 Å². The van der Waals surface area contributed by atoms with Crippen LogP contribution in [0.25, 0.3) is 0 Å². The summed E-state index contributed by atoms with van der Waals surface area (Å²) in [5.74, 6) is 6.70. The van der Waals surface area contributed by atoms with E-state index in [4.69, 9.17) is 5.73 Å². The van der Waals surface area contributed by atoms with E-state index in [1.807, 2.05) is 0 Å². The number of fused-ring (bicyclic) bond motifs is 3. The van der Waals surface area contributed by atoms with E-state index in [0.717, 1.165) is 41.4 Å². The Morgan fingerprint density at radius 3 is 2.33 bits per heavy atom. The van der Waals surface area contributed by atoms with E-state index in [1.165, 1.54) is 38.5 Å². The Morgan fingerprint density at radius 2 is 1.74 bits per heavy atom. The van der Waals surface area contributed by atoms with Crippen molar-refractivity contribution in [1.82, 2.24) is 0 Å². The van der Waals surface area contributed by atoms with Gasteiger partial charge in [0.15, 0.2) is 0 Å². The molecule has 1 heteroatoms. The van der Waals surface area contributed by atoms with E-state index in [2.05, 4.69) is 61.1 Å². The third-order valence-electron chi connectivity index (χ3n) is 10.2. The van der Waals surface area contributed by atoms with Crippen LogP contribution in [0.5, 0.6) is 0 Å². The molecule has 0 aromatic heterocycles. The summed E-state index contributed by atoms with van der Waals surface area (Å²) >= 11 is 0. The third kappa shape index (κ3) is 3.34. The highest BCUT2D eigenvalue weighted by Crippen LogP contribution is 2.70. The zero-order valence-electron chi connectivity index (χ0n) is 19.3. The van der Waals surface area contributed by atoms with Gasteiger partial charge in [0.2, 0.25) is 0 Å². The van der Waals surface area contributed by atoms with E-state index in [9.17, 15) is 0 Å². The van der Waals surface area contributed by atoms with Crippen LogP contribution in [-0.2, 0) is 0 Å². The fraction of sp³-hybridized carbons (Fsp3) is 0.923. The van der Waals surface area contributed by atoms with Crippen molar-refractivity contribution in [2.75, 3.05) is 0 Å². The van der Waals surface area contributed by atoms with E-state index >= 15 is 0 Å². The summed E-state index contributed by atoms with van der Waals surface area (Å²) < 4.78 is 0. The van der Waals surface area contributed by atoms with Gasteiger partial charge in [-0.2, -0.15) is 0 Å². The Morgan fingerprint density at radius 1 is 1.07 bits per heavy atom. The molecule has 3 fully saturated rings. The minimum atomic E-state index is 0.334. The summed E-state index contributed by atoms with van der Waals surface area (Å²) in [6, 6.07) is 0.334. The van der Waals surface area contributed by atoms with Crippen LogP contribution in [0.2, 0.25) is 0 Å². The fourth-order valence-corrected chi connectivity index (χ4v) is 8.72. The number of allylic oxidation sites excluding steroid dienone is 1. The molecule has 3 aliphatic rings. The number of rotatable bonds is 5. The molecule has 3 saturated carbocycles. The first-order valence-electron chi connectivity index (χ1n) is 11.9. The van der Waals surface area contributed by atoms with Crippen LogP contribution >= 0.6 is 0 Å². The quantitative estimate of drug-likeness (QED) is 0.520. The molecule has 0 heterocycles. The molecule has 156 valence electrons. The Bertz CT molecular complexity index is 538. The summed E-state index contributed by atoms with van der Waals surface area (Å²) in [4.78, 5) is 0. The minimum absolute atomic E-state index is 0.334. The van der Waals surface area contributed by atoms with Gasteiger partial charge in [-0.1, -0.05) is 47.6 Å².